The number of esters is 1. The minimum Gasteiger partial charge on any atom is -0.427 e. The first-order chi connectivity index (χ1) is 10.3. The molecule has 0 aliphatic carbocycles. The van der Waals surface area contributed by atoms with Crippen LogP contribution in [0.25, 0.3) is 0 Å². The molecule has 21 heavy (non-hydrogen) atoms. The first kappa shape index (κ1) is 15.6. The predicted molar refractivity (Wildman–Crippen MR) is 88.5 cm³/mol. The topological polar surface area (TPSA) is 26.3 Å². The minimum absolute atomic E-state index is 0.159. The Balaban J connectivity index is 1.80. The van der Waals surface area contributed by atoms with Gasteiger partial charge in [-0.3, -0.25) is 4.79 Å². The normalized spacial score (nSPS) is 11.9. The van der Waals surface area contributed by atoms with Crippen LogP contribution in [0.2, 0.25) is 0 Å². The summed E-state index contributed by atoms with van der Waals surface area (Å²) < 4.78 is 5.35. The van der Waals surface area contributed by atoms with E-state index in [9.17, 15) is 4.79 Å². The van der Waals surface area contributed by atoms with Crippen LogP contribution in [0.3, 0.4) is 0 Å². The second-order valence-electron chi connectivity index (χ2n) is 4.82. The molecule has 3 heteroatoms. The van der Waals surface area contributed by atoms with Gasteiger partial charge in [-0.15, -0.1) is 0 Å². The largest absolute Gasteiger partial charge is 0.427 e. The maximum absolute atomic E-state index is 12.0. The number of hydrogen-bond acceptors (Lipinski definition) is 3. The molecule has 2 aromatic rings. The third-order valence-electron chi connectivity index (χ3n) is 3.15. The summed E-state index contributed by atoms with van der Waals surface area (Å²) >= 11 is 1.81. The molecular formula is C18H20O2S. The van der Waals surface area contributed by atoms with E-state index in [4.69, 9.17) is 4.74 Å². The van der Waals surface area contributed by atoms with Gasteiger partial charge in [0.05, 0.1) is 6.42 Å². The van der Waals surface area contributed by atoms with E-state index in [1.165, 1.54) is 5.56 Å². The number of carbonyl (C=O) groups is 1. The molecule has 2 nitrogen and oxygen atoms in total. The van der Waals surface area contributed by atoms with Gasteiger partial charge in [-0.25, -0.2) is 0 Å². The number of para-hydroxylation sites is 1. The number of hydrogen-bond donors (Lipinski definition) is 0. The van der Waals surface area contributed by atoms with E-state index in [0.29, 0.717) is 17.4 Å². The van der Waals surface area contributed by atoms with Gasteiger partial charge in [0.1, 0.15) is 5.75 Å². The molecule has 0 saturated carbocycles. The first-order valence-electron chi connectivity index (χ1n) is 7.19. The van der Waals surface area contributed by atoms with Crippen molar-refractivity contribution in [2.75, 3.05) is 0 Å². The van der Waals surface area contributed by atoms with Gasteiger partial charge in [0.25, 0.3) is 0 Å². The Morgan fingerprint density at radius 2 is 1.67 bits per heavy atom. The van der Waals surface area contributed by atoms with Crippen molar-refractivity contribution in [1.29, 1.82) is 0 Å². The Hall–Kier alpha value is -1.74. The van der Waals surface area contributed by atoms with Gasteiger partial charge in [0.15, 0.2) is 0 Å². The summed E-state index contributed by atoms with van der Waals surface area (Å²) in [4.78, 5) is 12.0. The van der Waals surface area contributed by atoms with Gasteiger partial charge in [-0.1, -0.05) is 55.5 Å². The maximum atomic E-state index is 12.0. The van der Waals surface area contributed by atoms with Crippen LogP contribution >= 0.6 is 11.8 Å². The number of carbonyl (C=O) groups excluding carboxylic acids is 1. The summed E-state index contributed by atoms with van der Waals surface area (Å²) in [5.41, 5.74) is 1.29. The lowest BCUT2D eigenvalue weighted by molar-refractivity contribution is -0.134. The number of rotatable bonds is 7. The van der Waals surface area contributed by atoms with E-state index in [-0.39, 0.29) is 5.97 Å². The highest BCUT2D eigenvalue weighted by Crippen LogP contribution is 2.23. The lowest BCUT2D eigenvalue weighted by Gasteiger charge is -2.14. The van der Waals surface area contributed by atoms with Crippen molar-refractivity contribution in [2.45, 2.75) is 30.8 Å². The standard InChI is InChI=1S/C18H20O2S/c1-2-17(21-14-15-9-5-3-6-10-15)13-18(19)20-16-11-7-4-8-12-16/h3-12,17H,2,13-14H2,1H3/t17-/m0/s1. The Morgan fingerprint density at radius 1 is 1.05 bits per heavy atom. The Bertz CT molecular complexity index is 540. The molecule has 0 fully saturated rings. The summed E-state index contributed by atoms with van der Waals surface area (Å²) in [5, 5.41) is 0.293. The van der Waals surface area contributed by atoms with Gasteiger partial charge >= 0.3 is 5.97 Å². The third kappa shape index (κ3) is 5.64. The molecule has 0 radical (unpaired) electrons. The smallest absolute Gasteiger partial charge is 0.312 e. The van der Waals surface area contributed by atoms with Crippen molar-refractivity contribution >= 4 is 17.7 Å². The van der Waals surface area contributed by atoms with Crippen molar-refractivity contribution in [3.8, 4) is 5.75 Å². The average molecular weight is 300 g/mol. The summed E-state index contributed by atoms with van der Waals surface area (Å²) in [6.45, 7) is 2.11. The fourth-order valence-electron chi connectivity index (χ4n) is 1.96. The zero-order valence-electron chi connectivity index (χ0n) is 12.2. The number of benzene rings is 2. The molecule has 0 bridgehead atoms. The van der Waals surface area contributed by atoms with Crippen molar-refractivity contribution < 1.29 is 9.53 Å². The van der Waals surface area contributed by atoms with Gasteiger partial charge in [0.2, 0.25) is 0 Å². The van der Waals surface area contributed by atoms with Crippen molar-refractivity contribution in [2.24, 2.45) is 0 Å². The SMILES string of the molecule is CC[C@@H](CC(=O)Oc1ccccc1)SCc1ccccc1. The van der Waals surface area contributed by atoms with Gasteiger partial charge in [-0.2, -0.15) is 11.8 Å². The number of thioether (sulfide) groups is 1. The lowest BCUT2D eigenvalue weighted by Crippen LogP contribution is -2.15. The van der Waals surface area contributed by atoms with Crippen LogP contribution in [-0.4, -0.2) is 11.2 Å². The second kappa shape index (κ2) is 8.53. The highest BCUT2D eigenvalue weighted by Gasteiger charge is 2.14. The molecule has 2 rings (SSSR count). The summed E-state index contributed by atoms with van der Waals surface area (Å²) in [6, 6.07) is 19.6. The molecule has 0 amide bonds. The summed E-state index contributed by atoms with van der Waals surface area (Å²) in [5.74, 6) is 1.39. The highest BCUT2D eigenvalue weighted by molar-refractivity contribution is 7.99. The van der Waals surface area contributed by atoms with Crippen LogP contribution in [0.4, 0.5) is 0 Å². The van der Waals surface area contributed by atoms with Gasteiger partial charge < -0.3 is 4.74 Å². The van der Waals surface area contributed by atoms with Gasteiger partial charge in [0, 0.05) is 11.0 Å². The Kier molecular flexibility index (Phi) is 6.35. The van der Waals surface area contributed by atoms with E-state index in [0.717, 1.165) is 12.2 Å². The Labute approximate surface area is 130 Å². The van der Waals surface area contributed by atoms with Crippen LogP contribution in [-0.2, 0) is 10.5 Å². The van der Waals surface area contributed by atoms with Crippen molar-refractivity contribution in [3.05, 3.63) is 66.2 Å². The molecule has 0 spiro atoms. The van der Waals surface area contributed by atoms with E-state index < -0.39 is 0 Å². The molecule has 0 aliphatic heterocycles. The van der Waals surface area contributed by atoms with Crippen LogP contribution in [0.15, 0.2) is 60.7 Å². The number of ether oxygens (including phenoxy) is 1. The maximum Gasteiger partial charge on any atom is 0.312 e. The van der Waals surface area contributed by atoms with Crippen molar-refractivity contribution in [3.63, 3.8) is 0 Å². The molecule has 1 atom stereocenters. The van der Waals surface area contributed by atoms with Crippen LogP contribution in [0.1, 0.15) is 25.3 Å². The van der Waals surface area contributed by atoms with Crippen LogP contribution in [0, 0.1) is 0 Å². The molecule has 0 heterocycles. The van der Waals surface area contributed by atoms with E-state index in [1.54, 1.807) is 12.1 Å². The first-order valence-corrected chi connectivity index (χ1v) is 8.24. The Morgan fingerprint density at radius 3 is 2.29 bits per heavy atom. The molecular weight excluding hydrogens is 280 g/mol. The zero-order valence-corrected chi connectivity index (χ0v) is 13.0. The quantitative estimate of drug-likeness (QED) is 0.548. The van der Waals surface area contributed by atoms with E-state index in [2.05, 4.69) is 19.1 Å². The molecule has 0 saturated heterocycles. The summed E-state index contributed by atoms with van der Waals surface area (Å²) in [6.07, 6.45) is 1.41. The second-order valence-corrected chi connectivity index (χ2v) is 6.11. The fourth-order valence-corrected chi connectivity index (χ4v) is 3.07. The van der Waals surface area contributed by atoms with Crippen LogP contribution in [0.5, 0.6) is 5.75 Å². The molecule has 0 N–H and O–H groups in total. The van der Waals surface area contributed by atoms with E-state index >= 15 is 0 Å². The summed E-state index contributed by atoms with van der Waals surface area (Å²) in [7, 11) is 0. The minimum atomic E-state index is -0.159. The van der Waals surface area contributed by atoms with Crippen molar-refractivity contribution in [1.82, 2.24) is 0 Å². The van der Waals surface area contributed by atoms with E-state index in [1.807, 2.05) is 48.2 Å². The predicted octanol–water partition coefficient (Wildman–Crippen LogP) is 4.69. The molecule has 0 unspecified atom stereocenters. The third-order valence-corrected chi connectivity index (χ3v) is 4.62. The lowest BCUT2D eigenvalue weighted by atomic mass is 10.2. The monoisotopic (exact) mass is 300 g/mol. The molecule has 2 aromatic carbocycles. The fraction of sp³-hybridized carbons (Fsp3) is 0.278. The van der Waals surface area contributed by atoms with Gasteiger partial charge in [-0.05, 0) is 24.1 Å². The van der Waals surface area contributed by atoms with Crippen LogP contribution < -0.4 is 4.74 Å². The molecule has 0 aliphatic rings. The zero-order chi connectivity index (χ0) is 14.9. The highest BCUT2D eigenvalue weighted by atomic mass is 32.2. The molecule has 0 aromatic heterocycles. The molecule has 110 valence electrons. The average Bonchev–Trinajstić information content (AvgIpc) is 2.53.